The number of carbonyl (C=O) groups excluding carboxylic acids is 1. The Kier molecular flexibility index (Phi) is 5.86. The third kappa shape index (κ3) is 4.51. The number of methoxy groups -OCH3 is 1. The normalized spacial score (nSPS) is 16.5. The second kappa shape index (κ2) is 8.73. The van der Waals surface area contributed by atoms with E-state index in [1.807, 2.05) is 62.4 Å². The van der Waals surface area contributed by atoms with Crippen LogP contribution in [0.2, 0.25) is 0 Å². The van der Waals surface area contributed by atoms with E-state index in [1.165, 1.54) is 11.8 Å². The van der Waals surface area contributed by atoms with Gasteiger partial charge in [-0.15, -0.1) is 0 Å². The summed E-state index contributed by atoms with van der Waals surface area (Å²) in [5.74, 6) is 1.55. The van der Waals surface area contributed by atoms with Crippen molar-refractivity contribution in [1.82, 2.24) is 4.90 Å². The number of hydrogen-bond acceptors (Lipinski definition) is 6. The van der Waals surface area contributed by atoms with Crippen molar-refractivity contribution in [3.63, 3.8) is 0 Å². The molecular formula is C24H22N2O4S. The van der Waals surface area contributed by atoms with Crippen molar-refractivity contribution in [1.29, 1.82) is 0 Å². The Morgan fingerprint density at radius 3 is 2.48 bits per heavy atom. The molecule has 1 N–H and O–H groups in total. The van der Waals surface area contributed by atoms with E-state index in [2.05, 4.69) is 0 Å². The monoisotopic (exact) mass is 434 g/mol. The quantitative estimate of drug-likeness (QED) is 0.543. The number of furan rings is 1. The van der Waals surface area contributed by atoms with E-state index in [0.29, 0.717) is 22.4 Å². The summed E-state index contributed by atoms with van der Waals surface area (Å²) in [5.41, 5.74) is 3.11. The van der Waals surface area contributed by atoms with E-state index in [-0.39, 0.29) is 11.7 Å². The number of amidine groups is 1. The molecule has 1 aromatic heterocycles. The number of benzene rings is 2. The molecule has 1 aliphatic heterocycles. The van der Waals surface area contributed by atoms with E-state index >= 15 is 0 Å². The molecular weight excluding hydrogens is 412 g/mol. The minimum atomic E-state index is -0.142. The number of hydrogen-bond donors (Lipinski definition) is 1. The molecule has 0 bridgehead atoms. The SMILES string of the molecule is COc1ccc(N=C2S/C(=C\c3cc(C)c(O)c(C)c3)C(=O)N2Cc2ccco2)cc1. The van der Waals surface area contributed by atoms with E-state index in [0.717, 1.165) is 28.1 Å². The van der Waals surface area contributed by atoms with E-state index in [9.17, 15) is 9.90 Å². The van der Waals surface area contributed by atoms with Crippen LogP contribution in [0.3, 0.4) is 0 Å². The molecule has 7 heteroatoms. The maximum Gasteiger partial charge on any atom is 0.267 e. The van der Waals surface area contributed by atoms with Gasteiger partial charge in [-0.2, -0.15) is 0 Å². The number of phenols is 1. The third-order valence-electron chi connectivity index (χ3n) is 4.89. The first kappa shape index (κ1) is 20.8. The molecule has 3 aromatic rings. The summed E-state index contributed by atoms with van der Waals surface area (Å²) in [6.45, 7) is 3.97. The minimum Gasteiger partial charge on any atom is -0.507 e. The van der Waals surface area contributed by atoms with Crippen molar-refractivity contribution in [3.8, 4) is 11.5 Å². The summed E-state index contributed by atoms with van der Waals surface area (Å²) in [4.78, 5) is 20.1. The Balaban J connectivity index is 1.70. The van der Waals surface area contributed by atoms with Gasteiger partial charge in [0.15, 0.2) is 5.17 Å². The fourth-order valence-corrected chi connectivity index (χ4v) is 4.28. The Morgan fingerprint density at radius 2 is 1.87 bits per heavy atom. The highest BCUT2D eigenvalue weighted by Gasteiger charge is 2.34. The lowest BCUT2D eigenvalue weighted by Gasteiger charge is -2.14. The van der Waals surface area contributed by atoms with Crippen molar-refractivity contribution in [2.24, 2.45) is 4.99 Å². The standard InChI is InChI=1S/C24H22N2O4S/c1-15-11-17(12-16(2)22(15)27)13-21-23(28)26(14-20-5-4-10-30-20)24(31-21)25-18-6-8-19(29-3)9-7-18/h4-13,27H,14H2,1-3H3/b21-13-,25-24?. The van der Waals surface area contributed by atoms with Crippen LogP contribution in [0.5, 0.6) is 11.5 Å². The zero-order valence-electron chi connectivity index (χ0n) is 17.5. The van der Waals surface area contributed by atoms with E-state index in [1.54, 1.807) is 24.3 Å². The molecule has 2 heterocycles. The number of amides is 1. The highest BCUT2D eigenvalue weighted by atomic mass is 32.2. The molecule has 2 aromatic carbocycles. The Labute approximate surface area is 184 Å². The van der Waals surface area contributed by atoms with Crippen molar-refractivity contribution < 1.29 is 19.1 Å². The highest BCUT2D eigenvalue weighted by molar-refractivity contribution is 8.18. The van der Waals surface area contributed by atoms with Crippen LogP contribution in [0, 0.1) is 13.8 Å². The lowest BCUT2D eigenvalue weighted by atomic mass is 10.1. The van der Waals surface area contributed by atoms with Crippen LogP contribution in [0.15, 0.2) is 69.1 Å². The molecule has 1 amide bonds. The van der Waals surface area contributed by atoms with E-state index < -0.39 is 0 Å². The molecule has 0 atom stereocenters. The van der Waals surface area contributed by atoms with Gasteiger partial charge in [0.2, 0.25) is 0 Å². The zero-order chi connectivity index (χ0) is 22.0. The number of carbonyl (C=O) groups is 1. The van der Waals surface area contributed by atoms with Gasteiger partial charge < -0.3 is 14.3 Å². The van der Waals surface area contributed by atoms with Crippen LogP contribution in [0.25, 0.3) is 6.08 Å². The van der Waals surface area contributed by atoms with Crippen LogP contribution >= 0.6 is 11.8 Å². The Bertz CT molecular complexity index is 1140. The van der Waals surface area contributed by atoms with Gasteiger partial charge in [0, 0.05) is 0 Å². The second-order valence-electron chi connectivity index (χ2n) is 7.18. The Hall–Kier alpha value is -3.45. The highest BCUT2D eigenvalue weighted by Crippen LogP contribution is 2.36. The van der Waals surface area contributed by atoms with Crippen LogP contribution in [-0.2, 0) is 11.3 Å². The summed E-state index contributed by atoms with van der Waals surface area (Å²) in [6.07, 6.45) is 3.42. The maximum absolute atomic E-state index is 13.2. The Morgan fingerprint density at radius 1 is 1.16 bits per heavy atom. The lowest BCUT2D eigenvalue weighted by molar-refractivity contribution is -0.122. The molecule has 0 saturated carbocycles. The van der Waals surface area contributed by atoms with Gasteiger partial charge in [0.1, 0.15) is 17.3 Å². The number of aromatic hydroxyl groups is 1. The second-order valence-corrected chi connectivity index (χ2v) is 8.19. The maximum atomic E-state index is 13.2. The number of ether oxygens (including phenoxy) is 1. The van der Waals surface area contributed by atoms with E-state index in [4.69, 9.17) is 14.1 Å². The molecule has 6 nitrogen and oxygen atoms in total. The topological polar surface area (TPSA) is 75.3 Å². The first-order valence-corrected chi connectivity index (χ1v) is 10.5. The molecule has 158 valence electrons. The predicted octanol–water partition coefficient (Wildman–Crippen LogP) is 5.41. The molecule has 4 rings (SSSR count). The molecule has 31 heavy (non-hydrogen) atoms. The fourth-order valence-electron chi connectivity index (χ4n) is 3.28. The molecule has 0 radical (unpaired) electrons. The van der Waals surface area contributed by atoms with Gasteiger partial charge in [-0.25, -0.2) is 4.99 Å². The van der Waals surface area contributed by atoms with Crippen molar-refractivity contribution in [3.05, 3.63) is 82.1 Å². The van der Waals surface area contributed by atoms with Gasteiger partial charge in [0.05, 0.1) is 30.5 Å². The largest absolute Gasteiger partial charge is 0.507 e. The van der Waals surface area contributed by atoms with Crippen molar-refractivity contribution >= 4 is 34.6 Å². The predicted molar refractivity (Wildman–Crippen MR) is 122 cm³/mol. The molecule has 0 spiro atoms. The number of aryl methyl sites for hydroxylation is 2. The molecule has 1 saturated heterocycles. The summed E-state index contributed by atoms with van der Waals surface area (Å²) in [7, 11) is 1.61. The van der Waals surface area contributed by atoms with Gasteiger partial charge in [0.25, 0.3) is 5.91 Å². The van der Waals surface area contributed by atoms with Crippen molar-refractivity contribution in [2.45, 2.75) is 20.4 Å². The summed E-state index contributed by atoms with van der Waals surface area (Å²) >= 11 is 1.32. The van der Waals surface area contributed by atoms with Crippen LogP contribution in [0.1, 0.15) is 22.5 Å². The zero-order valence-corrected chi connectivity index (χ0v) is 18.3. The summed E-state index contributed by atoms with van der Waals surface area (Å²) in [6, 6.07) is 14.7. The lowest BCUT2D eigenvalue weighted by Crippen LogP contribution is -2.28. The third-order valence-corrected chi connectivity index (χ3v) is 5.90. The first-order chi connectivity index (χ1) is 14.9. The first-order valence-electron chi connectivity index (χ1n) is 9.71. The van der Waals surface area contributed by atoms with Crippen LogP contribution in [0.4, 0.5) is 5.69 Å². The molecule has 0 aliphatic carbocycles. The average molecular weight is 435 g/mol. The smallest absolute Gasteiger partial charge is 0.267 e. The number of thioether (sulfide) groups is 1. The van der Waals surface area contributed by atoms with Crippen molar-refractivity contribution in [2.75, 3.05) is 7.11 Å². The summed E-state index contributed by atoms with van der Waals surface area (Å²) < 4.78 is 10.6. The average Bonchev–Trinajstić information content (AvgIpc) is 3.37. The number of rotatable bonds is 5. The van der Waals surface area contributed by atoms with Gasteiger partial charge in [-0.05, 0) is 96.9 Å². The number of nitrogens with zero attached hydrogens (tertiary/aromatic N) is 2. The van der Waals surface area contributed by atoms with Gasteiger partial charge in [-0.1, -0.05) is 0 Å². The van der Waals surface area contributed by atoms with Gasteiger partial charge in [-0.3, -0.25) is 9.69 Å². The molecule has 1 aliphatic rings. The van der Waals surface area contributed by atoms with Crippen LogP contribution < -0.4 is 4.74 Å². The van der Waals surface area contributed by atoms with Gasteiger partial charge >= 0.3 is 0 Å². The fraction of sp³-hybridized carbons (Fsp3) is 0.167. The molecule has 0 unspecified atom stereocenters. The number of phenolic OH excluding ortho intramolecular Hbond substituents is 1. The molecule has 1 fully saturated rings. The minimum absolute atomic E-state index is 0.142. The summed E-state index contributed by atoms with van der Waals surface area (Å²) in [5, 5.41) is 10.6. The van der Waals surface area contributed by atoms with Crippen LogP contribution in [-0.4, -0.2) is 28.2 Å². The number of aliphatic imine (C=N–C) groups is 1.